The number of carbonyl (C=O) groups is 1. The maximum absolute atomic E-state index is 12.5. The molecular weight excluding hydrogens is 260 g/mol. The Labute approximate surface area is 129 Å². The molecule has 0 saturated carbocycles. The Kier molecular flexibility index (Phi) is 7.44. The van der Waals surface area contributed by atoms with Crippen LogP contribution in [0.5, 0.6) is 0 Å². The number of hydrogen-bond donors (Lipinski definition) is 1. The van der Waals surface area contributed by atoms with Crippen molar-refractivity contribution in [2.24, 2.45) is 17.6 Å². The molecule has 1 amide bonds. The molecule has 0 unspecified atom stereocenters. The normalized spacial score (nSPS) is 12.7. The average Bonchev–Trinajstić information content (AvgIpc) is 2.43. The third kappa shape index (κ3) is 6.76. The van der Waals surface area contributed by atoms with E-state index >= 15 is 0 Å². The summed E-state index contributed by atoms with van der Waals surface area (Å²) in [5, 5.41) is 0. The Hall–Kier alpha value is -1.35. The molecule has 1 rings (SSSR count). The van der Waals surface area contributed by atoms with Gasteiger partial charge in [0, 0.05) is 13.1 Å². The summed E-state index contributed by atoms with van der Waals surface area (Å²) in [6.45, 7) is 10.1. The molecule has 0 saturated heterocycles. The third-order valence-electron chi connectivity index (χ3n) is 3.39. The molecule has 0 heterocycles. The van der Waals surface area contributed by atoms with Crippen molar-refractivity contribution in [1.29, 1.82) is 0 Å². The summed E-state index contributed by atoms with van der Waals surface area (Å²) in [4.78, 5) is 14.5. The van der Waals surface area contributed by atoms with E-state index in [2.05, 4.69) is 39.8 Å². The highest BCUT2D eigenvalue weighted by Crippen LogP contribution is 2.09. The summed E-state index contributed by atoms with van der Waals surface area (Å²) < 4.78 is 0. The van der Waals surface area contributed by atoms with Crippen LogP contribution in [-0.2, 0) is 11.2 Å². The minimum Gasteiger partial charge on any atom is -0.341 e. The maximum atomic E-state index is 12.5. The van der Waals surface area contributed by atoms with Crippen molar-refractivity contribution in [3.63, 3.8) is 0 Å². The average molecular weight is 290 g/mol. The van der Waals surface area contributed by atoms with Crippen molar-refractivity contribution in [2.45, 2.75) is 46.6 Å². The van der Waals surface area contributed by atoms with Gasteiger partial charge in [-0.25, -0.2) is 0 Å². The van der Waals surface area contributed by atoms with Gasteiger partial charge in [-0.1, -0.05) is 58.0 Å². The summed E-state index contributed by atoms with van der Waals surface area (Å²) in [6.07, 6.45) is 1.56. The van der Waals surface area contributed by atoms with Gasteiger partial charge in [0.15, 0.2) is 0 Å². The summed E-state index contributed by atoms with van der Waals surface area (Å²) in [5.74, 6) is 1.02. The van der Waals surface area contributed by atoms with E-state index in [4.69, 9.17) is 5.73 Å². The standard InChI is InChI=1S/C18H30N2O/c1-14(2)12-20(13-15(3)4)18(21)17(19)11-10-16-8-6-5-7-9-16/h5-9,14-15,17H,10-13,19H2,1-4H3/t17-/m0/s1. The molecule has 2 N–H and O–H groups in total. The first-order chi connectivity index (χ1) is 9.90. The fourth-order valence-electron chi connectivity index (χ4n) is 2.46. The molecule has 0 aromatic heterocycles. The lowest BCUT2D eigenvalue weighted by molar-refractivity contribution is -0.133. The van der Waals surface area contributed by atoms with E-state index in [0.717, 1.165) is 19.5 Å². The van der Waals surface area contributed by atoms with Crippen molar-refractivity contribution in [3.05, 3.63) is 35.9 Å². The molecule has 0 radical (unpaired) electrons. The third-order valence-corrected chi connectivity index (χ3v) is 3.39. The second-order valence-electron chi connectivity index (χ2n) is 6.66. The highest BCUT2D eigenvalue weighted by Gasteiger charge is 2.22. The van der Waals surface area contributed by atoms with Crippen LogP contribution in [0.4, 0.5) is 0 Å². The lowest BCUT2D eigenvalue weighted by Crippen LogP contribution is -2.46. The van der Waals surface area contributed by atoms with Gasteiger partial charge in [-0.3, -0.25) is 4.79 Å². The number of nitrogens with two attached hydrogens (primary N) is 1. The van der Waals surface area contributed by atoms with Crippen LogP contribution >= 0.6 is 0 Å². The molecule has 0 aliphatic carbocycles. The van der Waals surface area contributed by atoms with Crippen molar-refractivity contribution < 1.29 is 4.79 Å². The number of nitrogens with zero attached hydrogens (tertiary/aromatic N) is 1. The number of amides is 1. The monoisotopic (exact) mass is 290 g/mol. The smallest absolute Gasteiger partial charge is 0.239 e. The fraction of sp³-hybridized carbons (Fsp3) is 0.611. The van der Waals surface area contributed by atoms with Crippen molar-refractivity contribution >= 4 is 5.91 Å². The molecule has 0 bridgehead atoms. The van der Waals surface area contributed by atoms with E-state index < -0.39 is 6.04 Å². The second kappa shape index (κ2) is 8.83. The van der Waals surface area contributed by atoms with Gasteiger partial charge in [0.25, 0.3) is 0 Å². The zero-order valence-corrected chi connectivity index (χ0v) is 13.9. The van der Waals surface area contributed by atoms with E-state index in [1.165, 1.54) is 5.56 Å². The van der Waals surface area contributed by atoms with Gasteiger partial charge < -0.3 is 10.6 Å². The van der Waals surface area contributed by atoms with E-state index in [-0.39, 0.29) is 5.91 Å². The largest absolute Gasteiger partial charge is 0.341 e. The van der Waals surface area contributed by atoms with Gasteiger partial charge in [-0.2, -0.15) is 0 Å². The Bertz CT molecular complexity index is 404. The molecular formula is C18H30N2O. The molecule has 0 aliphatic heterocycles. The van der Waals surface area contributed by atoms with Crippen LogP contribution in [0, 0.1) is 11.8 Å². The van der Waals surface area contributed by atoms with Gasteiger partial charge in [0.05, 0.1) is 6.04 Å². The van der Waals surface area contributed by atoms with E-state index in [1.807, 2.05) is 23.1 Å². The van der Waals surface area contributed by atoms with Gasteiger partial charge in [0.1, 0.15) is 0 Å². The SMILES string of the molecule is CC(C)CN(CC(C)C)C(=O)[C@@H](N)CCc1ccccc1. The summed E-state index contributed by atoms with van der Waals surface area (Å²) in [5.41, 5.74) is 7.36. The molecule has 3 heteroatoms. The zero-order valence-electron chi connectivity index (χ0n) is 13.9. The number of aryl methyl sites for hydroxylation is 1. The van der Waals surface area contributed by atoms with Gasteiger partial charge in [-0.15, -0.1) is 0 Å². The quantitative estimate of drug-likeness (QED) is 0.799. The zero-order chi connectivity index (χ0) is 15.8. The van der Waals surface area contributed by atoms with Crippen molar-refractivity contribution in [3.8, 4) is 0 Å². The molecule has 3 nitrogen and oxygen atoms in total. The first kappa shape index (κ1) is 17.7. The Morgan fingerprint density at radius 1 is 1.05 bits per heavy atom. The summed E-state index contributed by atoms with van der Waals surface area (Å²) in [6, 6.07) is 9.80. The topological polar surface area (TPSA) is 46.3 Å². The highest BCUT2D eigenvalue weighted by atomic mass is 16.2. The fourth-order valence-corrected chi connectivity index (χ4v) is 2.46. The maximum Gasteiger partial charge on any atom is 0.239 e. The minimum atomic E-state index is -0.400. The molecule has 0 aliphatic rings. The van der Waals surface area contributed by atoms with Gasteiger partial charge >= 0.3 is 0 Å². The van der Waals surface area contributed by atoms with Crippen LogP contribution in [0.3, 0.4) is 0 Å². The molecule has 118 valence electrons. The highest BCUT2D eigenvalue weighted by molar-refractivity contribution is 5.81. The van der Waals surface area contributed by atoms with Gasteiger partial charge in [-0.05, 0) is 30.2 Å². The minimum absolute atomic E-state index is 0.0910. The predicted molar refractivity (Wildman–Crippen MR) is 89.0 cm³/mol. The Morgan fingerprint density at radius 2 is 1.57 bits per heavy atom. The van der Waals surface area contributed by atoms with Crippen LogP contribution in [0.15, 0.2) is 30.3 Å². The van der Waals surface area contributed by atoms with Gasteiger partial charge in [0.2, 0.25) is 5.91 Å². The number of hydrogen-bond acceptors (Lipinski definition) is 2. The molecule has 0 fully saturated rings. The lowest BCUT2D eigenvalue weighted by Gasteiger charge is -2.29. The first-order valence-electron chi connectivity index (χ1n) is 7.98. The predicted octanol–water partition coefficient (Wildman–Crippen LogP) is 3.09. The Morgan fingerprint density at radius 3 is 2.05 bits per heavy atom. The lowest BCUT2D eigenvalue weighted by atomic mass is 10.0. The summed E-state index contributed by atoms with van der Waals surface area (Å²) in [7, 11) is 0. The van der Waals surface area contributed by atoms with Crippen LogP contribution in [0.2, 0.25) is 0 Å². The van der Waals surface area contributed by atoms with E-state index in [0.29, 0.717) is 18.3 Å². The molecule has 21 heavy (non-hydrogen) atoms. The molecule has 1 aromatic carbocycles. The second-order valence-corrected chi connectivity index (χ2v) is 6.66. The van der Waals surface area contributed by atoms with E-state index in [9.17, 15) is 4.79 Å². The number of benzene rings is 1. The summed E-state index contributed by atoms with van der Waals surface area (Å²) >= 11 is 0. The van der Waals surface area contributed by atoms with E-state index in [1.54, 1.807) is 0 Å². The van der Waals surface area contributed by atoms with Crippen molar-refractivity contribution in [1.82, 2.24) is 4.90 Å². The van der Waals surface area contributed by atoms with Crippen molar-refractivity contribution in [2.75, 3.05) is 13.1 Å². The molecule has 0 spiro atoms. The number of carbonyl (C=O) groups excluding carboxylic acids is 1. The molecule has 1 aromatic rings. The molecule has 1 atom stereocenters. The van der Waals surface area contributed by atoms with Crippen LogP contribution < -0.4 is 5.73 Å². The van der Waals surface area contributed by atoms with Crippen LogP contribution in [0.25, 0.3) is 0 Å². The van der Waals surface area contributed by atoms with Crippen LogP contribution in [-0.4, -0.2) is 29.9 Å². The number of rotatable bonds is 8. The van der Waals surface area contributed by atoms with Crippen LogP contribution in [0.1, 0.15) is 39.7 Å². The Balaban J connectivity index is 2.56. The first-order valence-corrected chi connectivity index (χ1v) is 7.98.